The number of fused-ring (bicyclic) bond motifs is 1. The van der Waals surface area contributed by atoms with Crippen LogP contribution in [-0.2, 0) is 4.79 Å². The molecule has 1 aliphatic heterocycles. The molecule has 1 saturated heterocycles. The Morgan fingerprint density at radius 3 is 2.42 bits per heavy atom. The number of amides is 2. The number of nitrogens with one attached hydrogen (secondary N) is 1. The summed E-state index contributed by atoms with van der Waals surface area (Å²) >= 11 is 0. The molecule has 0 bridgehead atoms. The van der Waals surface area contributed by atoms with Crippen LogP contribution in [0.25, 0.3) is 11.0 Å². The van der Waals surface area contributed by atoms with Crippen LogP contribution < -0.4 is 0 Å². The van der Waals surface area contributed by atoms with Crippen LogP contribution in [0.1, 0.15) is 47.2 Å². The van der Waals surface area contributed by atoms with E-state index in [2.05, 4.69) is 9.97 Å². The van der Waals surface area contributed by atoms with Gasteiger partial charge in [0.15, 0.2) is 0 Å². The van der Waals surface area contributed by atoms with Crippen molar-refractivity contribution in [2.75, 3.05) is 19.6 Å². The number of rotatable bonds is 3. The van der Waals surface area contributed by atoms with Crippen LogP contribution in [0.4, 0.5) is 0 Å². The molecule has 31 heavy (non-hydrogen) atoms. The molecule has 0 aliphatic carbocycles. The van der Waals surface area contributed by atoms with Crippen molar-refractivity contribution < 1.29 is 14.4 Å². The molecule has 0 radical (unpaired) electrons. The quantitative estimate of drug-likeness (QED) is 0.519. The molecule has 1 fully saturated rings. The van der Waals surface area contributed by atoms with Crippen LogP contribution >= 0.6 is 0 Å². The molecule has 0 saturated carbocycles. The fourth-order valence-corrected chi connectivity index (χ4v) is 3.74. The first-order valence-electron chi connectivity index (χ1n) is 10.6. The summed E-state index contributed by atoms with van der Waals surface area (Å²) in [6, 6.07) is 12.4. The van der Waals surface area contributed by atoms with E-state index in [0.29, 0.717) is 41.8 Å². The van der Waals surface area contributed by atoms with Crippen molar-refractivity contribution in [3.63, 3.8) is 0 Å². The monoisotopic (exact) mass is 420 g/mol. The van der Waals surface area contributed by atoms with Gasteiger partial charge in [-0.2, -0.15) is 0 Å². The lowest BCUT2D eigenvalue weighted by molar-refractivity contribution is -0.130. The minimum absolute atomic E-state index is 0.0612. The molecule has 0 spiro atoms. The van der Waals surface area contributed by atoms with E-state index >= 15 is 0 Å². The highest BCUT2D eigenvalue weighted by Crippen LogP contribution is 2.20. The van der Waals surface area contributed by atoms with Gasteiger partial charge >= 0.3 is 0 Å². The van der Waals surface area contributed by atoms with Gasteiger partial charge in [-0.3, -0.25) is 14.4 Å². The van der Waals surface area contributed by atoms with Gasteiger partial charge in [-0.15, -0.1) is 0 Å². The van der Waals surface area contributed by atoms with E-state index in [9.17, 15) is 14.4 Å². The van der Waals surface area contributed by atoms with E-state index in [1.807, 2.05) is 52.0 Å². The second kappa shape index (κ2) is 9.55. The number of aryl methyl sites for hydroxylation is 1. The van der Waals surface area contributed by atoms with Gasteiger partial charge in [0.1, 0.15) is 5.65 Å². The molecular weight excluding hydrogens is 392 g/mol. The molecule has 1 aromatic carbocycles. The number of nitrogens with zero attached hydrogens (tertiary/aromatic N) is 3. The van der Waals surface area contributed by atoms with Gasteiger partial charge in [0.05, 0.1) is 5.56 Å². The lowest BCUT2D eigenvalue weighted by atomic mass is 10.1. The highest BCUT2D eigenvalue weighted by molar-refractivity contribution is 6.44. The van der Waals surface area contributed by atoms with Crippen molar-refractivity contribution in [2.45, 2.75) is 33.7 Å². The summed E-state index contributed by atoms with van der Waals surface area (Å²) in [7, 11) is 0. The first kappa shape index (κ1) is 22.2. The maximum atomic E-state index is 12.9. The van der Waals surface area contributed by atoms with Crippen LogP contribution in [0.2, 0.25) is 0 Å². The van der Waals surface area contributed by atoms with Crippen LogP contribution in [0.5, 0.6) is 0 Å². The van der Waals surface area contributed by atoms with E-state index in [0.717, 1.165) is 5.69 Å². The number of hydrogen-bond donors (Lipinski definition) is 1. The second-order valence-electron chi connectivity index (χ2n) is 7.35. The fraction of sp³-hybridized carbons (Fsp3) is 0.333. The molecule has 7 heteroatoms. The molecule has 0 unspecified atom stereocenters. The molecule has 162 valence electrons. The molecule has 7 nitrogen and oxygen atoms in total. The number of Topliss-reactive ketones (excluding diaryl/α,β-unsaturated/α-hetero) is 1. The van der Waals surface area contributed by atoms with Crippen molar-refractivity contribution in [3.05, 3.63) is 65.5 Å². The first-order valence-corrected chi connectivity index (χ1v) is 10.6. The molecule has 3 heterocycles. The number of benzene rings is 1. The van der Waals surface area contributed by atoms with Crippen molar-refractivity contribution in [1.29, 1.82) is 0 Å². The number of aromatic nitrogens is 2. The summed E-state index contributed by atoms with van der Waals surface area (Å²) in [5.74, 6) is -1.17. The zero-order valence-electron chi connectivity index (χ0n) is 18.4. The van der Waals surface area contributed by atoms with Gasteiger partial charge in [-0.1, -0.05) is 32.0 Å². The lowest BCUT2D eigenvalue weighted by Crippen LogP contribution is -2.56. The Morgan fingerprint density at radius 2 is 1.74 bits per heavy atom. The molecule has 4 rings (SSSR count). The first-order chi connectivity index (χ1) is 15.0. The highest BCUT2D eigenvalue weighted by Gasteiger charge is 2.34. The maximum Gasteiger partial charge on any atom is 0.295 e. The summed E-state index contributed by atoms with van der Waals surface area (Å²) < 4.78 is 0. The van der Waals surface area contributed by atoms with Gasteiger partial charge in [0.25, 0.3) is 17.6 Å². The van der Waals surface area contributed by atoms with Crippen molar-refractivity contribution >= 4 is 28.6 Å². The van der Waals surface area contributed by atoms with Crippen LogP contribution in [0, 0.1) is 6.92 Å². The number of pyridine rings is 1. The van der Waals surface area contributed by atoms with E-state index in [4.69, 9.17) is 0 Å². The van der Waals surface area contributed by atoms with Crippen molar-refractivity contribution in [2.24, 2.45) is 0 Å². The Labute approximate surface area is 182 Å². The predicted molar refractivity (Wildman–Crippen MR) is 120 cm³/mol. The lowest BCUT2D eigenvalue weighted by Gasteiger charge is -2.39. The van der Waals surface area contributed by atoms with E-state index < -0.39 is 11.7 Å². The molecule has 2 amide bonds. The Hall–Kier alpha value is -3.48. The van der Waals surface area contributed by atoms with E-state index in [1.54, 1.807) is 28.0 Å². The number of carbonyl (C=O) groups is 3. The summed E-state index contributed by atoms with van der Waals surface area (Å²) in [6.07, 6.45) is 1.54. The molecule has 1 aliphatic rings. The van der Waals surface area contributed by atoms with Crippen molar-refractivity contribution in [3.8, 4) is 0 Å². The molecule has 1 atom stereocenters. The number of carbonyl (C=O) groups excluding carboxylic acids is 3. The molecule has 1 N–H and O–H groups in total. The van der Waals surface area contributed by atoms with Crippen molar-refractivity contribution in [1.82, 2.24) is 19.8 Å². The maximum absolute atomic E-state index is 12.9. The van der Waals surface area contributed by atoms with Crippen LogP contribution in [0.15, 0.2) is 48.7 Å². The predicted octanol–water partition coefficient (Wildman–Crippen LogP) is 3.45. The average molecular weight is 421 g/mol. The van der Waals surface area contributed by atoms with Gasteiger partial charge in [-0.05, 0) is 38.1 Å². The Bertz CT molecular complexity index is 1090. The summed E-state index contributed by atoms with van der Waals surface area (Å²) in [4.78, 5) is 49.0. The van der Waals surface area contributed by atoms with Crippen LogP contribution in [0.3, 0.4) is 0 Å². The number of aromatic amines is 1. The normalized spacial score (nSPS) is 15.9. The number of hydrogen-bond acceptors (Lipinski definition) is 4. The van der Waals surface area contributed by atoms with Gasteiger partial charge in [-0.25, -0.2) is 4.98 Å². The third-order valence-electron chi connectivity index (χ3n) is 5.31. The topological polar surface area (TPSA) is 86.4 Å². The highest BCUT2D eigenvalue weighted by atomic mass is 16.2. The minimum Gasteiger partial charge on any atom is -0.345 e. The third-order valence-corrected chi connectivity index (χ3v) is 5.31. The number of ketones is 1. The Morgan fingerprint density at radius 1 is 1.03 bits per heavy atom. The SMILES string of the molecule is CC.Cc1ccc2c(C(=O)C(=O)N3CCN(C(=O)c4ccccc4)C[C@H]3C)c[nH]c2n1. The summed E-state index contributed by atoms with van der Waals surface area (Å²) in [6.45, 7) is 8.83. The van der Waals surface area contributed by atoms with Gasteiger partial charge in [0, 0.05) is 48.5 Å². The third kappa shape index (κ3) is 4.50. The average Bonchev–Trinajstić information content (AvgIpc) is 3.22. The zero-order valence-corrected chi connectivity index (χ0v) is 18.4. The fourth-order valence-electron chi connectivity index (χ4n) is 3.74. The standard InChI is InChI=1S/C22H22N4O3.C2H6/c1-14-8-9-17-18(12-23-20(17)24-14)19(27)22(29)26-11-10-25(13-15(26)2)21(28)16-6-4-3-5-7-16;1-2/h3-9,12,15H,10-11,13H2,1-2H3,(H,23,24);1-2H3/t15-;/m1./s1. The zero-order chi connectivity index (χ0) is 22.5. The summed E-state index contributed by atoms with van der Waals surface area (Å²) in [5.41, 5.74) is 2.37. The van der Waals surface area contributed by atoms with Gasteiger partial charge in [0.2, 0.25) is 0 Å². The van der Waals surface area contributed by atoms with E-state index in [1.165, 1.54) is 6.20 Å². The molecule has 2 aromatic heterocycles. The summed E-state index contributed by atoms with van der Waals surface area (Å²) in [5, 5.41) is 0.638. The smallest absolute Gasteiger partial charge is 0.295 e. The largest absolute Gasteiger partial charge is 0.345 e. The van der Waals surface area contributed by atoms with E-state index in [-0.39, 0.29) is 11.9 Å². The van der Waals surface area contributed by atoms with Gasteiger partial charge < -0.3 is 14.8 Å². The second-order valence-corrected chi connectivity index (χ2v) is 7.35. The number of H-pyrrole nitrogens is 1. The van der Waals surface area contributed by atoms with Crippen LogP contribution in [-0.4, -0.2) is 63.0 Å². The molecule has 3 aromatic rings. The molecular formula is C24H28N4O3. The Balaban J connectivity index is 0.00000132. The Kier molecular flexibility index (Phi) is 6.84. The number of piperazine rings is 1. The minimum atomic E-state index is -0.559.